The Hall–Kier alpha value is -2.69. The molecular weight excluding hydrogens is 302 g/mol. The lowest BCUT2D eigenvalue weighted by Crippen LogP contribution is -2.35. The molecule has 0 aliphatic heterocycles. The number of benzene rings is 1. The smallest absolute Gasteiger partial charge is 0.263 e. The molecule has 1 aromatic carbocycles. The van der Waals surface area contributed by atoms with Gasteiger partial charge in [0, 0.05) is 25.2 Å². The zero-order chi connectivity index (χ0) is 16.9. The predicted molar refractivity (Wildman–Crippen MR) is 93.9 cm³/mol. The van der Waals surface area contributed by atoms with Gasteiger partial charge >= 0.3 is 0 Å². The molecule has 1 aromatic heterocycles. The number of hydrogen-bond donors (Lipinski definition) is 1. The Labute approximate surface area is 141 Å². The number of nitrogens with one attached hydrogen (secondary N) is 1. The molecule has 1 aliphatic carbocycles. The van der Waals surface area contributed by atoms with Crippen LogP contribution in [-0.4, -0.2) is 33.9 Å². The van der Waals surface area contributed by atoms with E-state index in [1.807, 2.05) is 49.4 Å². The van der Waals surface area contributed by atoms with Crippen molar-refractivity contribution in [3.63, 3.8) is 0 Å². The molecule has 1 heterocycles. The number of nitrogens with zero attached hydrogens (tertiary/aromatic N) is 2. The molecule has 2 aromatic rings. The van der Waals surface area contributed by atoms with Gasteiger partial charge in [-0.25, -0.2) is 4.98 Å². The molecular formula is C19H21N3O2. The van der Waals surface area contributed by atoms with Gasteiger partial charge in [-0.3, -0.25) is 9.59 Å². The lowest BCUT2D eigenvalue weighted by atomic mass is 10.2. The molecule has 24 heavy (non-hydrogen) atoms. The fourth-order valence-corrected chi connectivity index (χ4v) is 2.53. The molecule has 1 N–H and O–H groups in total. The summed E-state index contributed by atoms with van der Waals surface area (Å²) in [6, 6.07) is 9.90. The van der Waals surface area contributed by atoms with Crippen LogP contribution < -0.4 is 5.56 Å². The molecule has 5 heteroatoms. The molecule has 1 aliphatic rings. The molecule has 0 atom stereocenters. The Morgan fingerprint density at radius 3 is 2.71 bits per heavy atom. The van der Waals surface area contributed by atoms with Crippen LogP contribution in [-0.2, 0) is 0 Å². The van der Waals surface area contributed by atoms with Crippen LogP contribution >= 0.6 is 0 Å². The van der Waals surface area contributed by atoms with Crippen LogP contribution in [0.1, 0.15) is 47.4 Å². The number of carbonyl (C=O) groups is 1. The van der Waals surface area contributed by atoms with Gasteiger partial charge in [0.15, 0.2) is 0 Å². The van der Waals surface area contributed by atoms with Crippen molar-refractivity contribution in [2.45, 2.75) is 25.7 Å². The second-order valence-electron chi connectivity index (χ2n) is 5.94. The summed E-state index contributed by atoms with van der Waals surface area (Å²) in [7, 11) is 0. The maximum absolute atomic E-state index is 12.6. The molecule has 1 fully saturated rings. The minimum Gasteiger partial charge on any atom is -0.335 e. The van der Waals surface area contributed by atoms with Gasteiger partial charge in [-0.15, -0.1) is 0 Å². The second kappa shape index (κ2) is 7.25. The molecule has 1 saturated carbocycles. The number of rotatable bonds is 6. The fraction of sp³-hybridized carbons (Fsp3) is 0.316. The molecule has 0 unspecified atom stereocenters. The summed E-state index contributed by atoms with van der Waals surface area (Å²) in [4.78, 5) is 33.4. The summed E-state index contributed by atoms with van der Waals surface area (Å²) in [5.74, 6) is 0.771. The first-order valence-corrected chi connectivity index (χ1v) is 8.29. The number of amides is 1. The van der Waals surface area contributed by atoms with E-state index in [9.17, 15) is 9.59 Å². The summed E-state index contributed by atoms with van der Waals surface area (Å²) < 4.78 is 0. The van der Waals surface area contributed by atoms with Crippen molar-refractivity contribution >= 4 is 12.0 Å². The molecule has 0 saturated heterocycles. The van der Waals surface area contributed by atoms with Crippen molar-refractivity contribution in [2.24, 2.45) is 0 Å². The van der Waals surface area contributed by atoms with Crippen molar-refractivity contribution in [1.82, 2.24) is 14.9 Å². The van der Waals surface area contributed by atoms with Crippen LogP contribution in [0.4, 0.5) is 0 Å². The maximum atomic E-state index is 12.6. The number of carbonyl (C=O) groups excluding carboxylic acids is 1. The van der Waals surface area contributed by atoms with Crippen LogP contribution in [0.2, 0.25) is 0 Å². The monoisotopic (exact) mass is 323 g/mol. The number of H-pyrrole nitrogens is 1. The highest BCUT2D eigenvalue weighted by molar-refractivity contribution is 5.93. The Kier molecular flexibility index (Phi) is 4.89. The lowest BCUT2D eigenvalue weighted by molar-refractivity contribution is 0.0780. The third-order valence-electron chi connectivity index (χ3n) is 4.12. The Bertz CT molecular complexity index is 792. The minimum atomic E-state index is -0.345. The van der Waals surface area contributed by atoms with Gasteiger partial charge in [-0.05, 0) is 25.3 Å². The van der Waals surface area contributed by atoms with Gasteiger partial charge < -0.3 is 9.88 Å². The van der Waals surface area contributed by atoms with E-state index in [1.165, 1.54) is 6.20 Å². The van der Waals surface area contributed by atoms with Crippen molar-refractivity contribution in [1.29, 1.82) is 0 Å². The van der Waals surface area contributed by atoms with E-state index in [1.54, 1.807) is 4.90 Å². The Balaban J connectivity index is 1.69. The van der Waals surface area contributed by atoms with E-state index < -0.39 is 0 Å². The van der Waals surface area contributed by atoms with Crippen molar-refractivity contribution in [2.75, 3.05) is 13.1 Å². The maximum Gasteiger partial charge on any atom is 0.263 e. The van der Waals surface area contributed by atoms with Gasteiger partial charge in [0.2, 0.25) is 0 Å². The first-order valence-electron chi connectivity index (χ1n) is 8.29. The summed E-state index contributed by atoms with van der Waals surface area (Å²) in [5.41, 5.74) is 0.839. The van der Waals surface area contributed by atoms with Crippen LogP contribution in [0.15, 0.2) is 47.4 Å². The van der Waals surface area contributed by atoms with Crippen molar-refractivity contribution in [3.8, 4) is 0 Å². The van der Waals surface area contributed by atoms with Crippen LogP contribution in [0, 0.1) is 0 Å². The Morgan fingerprint density at radius 2 is 2.08 bits per heavy atom. The van der Waals surface area contributed by atoms with Crippen molar-refractivity contribution in [3.05, 3.63) is 69.9 Å². The molecule has 0 bridgehead atoms. The average molecular weight is 323 g/mol. The first-order chi connectivity index (χ1) is 11.7. The average Bonchev–Trinajstić information content (AvgIpc) is 3.44. The lowest BCUT2D eigenvalue weighted by Gasteiger charge is -2.18. The number of hydrogen-bond acceptors (Lipinski definition) is 3. The summed E-state index contributed by atoms with van der Waals surface area (Å²) >= 11 is 0. The van der Waals surface area contributed by atoms with Gasteiger partial charge in [-0.1, -0.05) is 42.5 Å². The van der Waals surface area contributed by atoms with E-state index in [2.05, 4.69) is 9.97 Å². The number of aromatic amines is 1. The van der Waals surface area contributed by atoms with Crippen LogP contribution in [0.5, 0.6) is 0 Å². The molecule has 3 rings (SSSR count). The SMILES string of the molecule is CCN(CC=Cc1ccccc1)C(=O)c1cnc(C2CC2)[nH]c1=O. The topological polar surface area (TPSA) is 66.1 Å². The van der Waals surface area contributed by atoms with E-state index in [4.69, 9.17) is 0 Å². The normalized spacial score (nSPS) is 14.0. The molecule has 5 nitrogen and oxygen atoms in total. The number of likely N-dealkylation sites (N-methyl/N-ethyl adjacent to an activating group) is 1. The third kappa shape index (κ3) is 3.79. The Morgan fingerprint density at radius 1 is 1.33 bits per heavy atom. The van der Waals surface area contributed by atoms with Gasteiger partial charge in [0.05, 0.1) is 0 Å². The summed E-state index contributed by atoms with van der Waals surface area (Å²) in [6.07, 6.45) is 7.42. The third-order valence-corrected chi connectivity index (χ3v) is 4.12. The van der Waals surface area contributed by atoms with Crippen LogP contribution in [0.25, 0.3) is 6.08 Å². The summed E-state index contributed by atoms with van der Waals surface area (Å²) in [6.45, 7) is 2.88. The molecule has 1 amide bonds. The first kappa shape index (κ1) is 16.2. The highest BCUT2D eigenvalue weighted by atomic mass is 16.2. The van der Waals surface area contributed by atoms with E-state index in [0.29, 0.717) is 24.8 Å². The van der Waals surface area contributed by atoms with Gasteiger partial charge in [-0.2, -0.15) is 0 Å². The zero-order valence-corrected chi connectivity index (χ0v) is 13.7. The van der Waals surface area contributed by atoms with Crippen molar-refractivity contribution < 1.29 is 4.79 Å². The quantitative estimate of drug-likeness (QED) is 0.889. The zero-order valence-electron chi connectivity index (χ0n) is 13.7. The fourth-order valence-electron chi connectivity index (χ4n) is 2.53. The van der Waals surface area contributed by atoms with Gasteiger partial charge in [0.25, 0.3) is 11.5 Å². The summed E-state index contributed by atoms with van der Waals surface area (Å²) in [5, 5.41) is 0. The molecule has 0 radical (unpaired) electrons. The van der Waals surface area contributed by atoms with Crippen LogP contribution in [0.3, 0.4) is 0 Å². The predicted octanol–water partition coefficient (Wildman–Crippen LogP) is 2.82. The highest BCUT2D eigenvalue weighted by Crippen LogP contribution is 2.37. The molecule has 124 valence electrons. The standard InChI is InChI=1S/C19H21N3O2/c1-2-22(12-6-9-14-7-4-3-5-8-14)19(24)16-13-20-17(15-10-11-15)21-18(16)23/h3-9,13,15H,2,10-12H2,1H3,(H,20,21,23). The molecule has 0 spiro atoms. The van der Waals surface area contributed by atoms with E-state index in [-0.39, 0.29) is 17.0 Å². The highest BCUT2D eigenvalue weighted by Gasteiger charge is 2.27. The second-order valence-corrected chi connectivity index (χ2v) is 5.94. The van der Waals surface area contributed by atoms with E-state index >= 15 is 0 Å². The largest absolute Gasteiger partial charge is 0.335 e. The number of aromatic nitrogens is 2. The van der Waals surface area contributed by atoms with E-state index in [0.717, 1.165) is 18.4 Å². The van der Waals surface area contributed by atoms with Gasteiger partial charge in [0.1, 0.15) is 11.4 Å². The minimum absolute atomic E-state index is 0.106.